The fraction of sp³-hybridized carbons (Fsp3) is 0.182. The van der Waals surface area contributed by atoms with Gasteiger partial charge in [0.15, 0.2) is 0 Å². The lowest BCUT2D eigenvalue weighted by atomic mass is 10.1. The van der Waals surface area contributed by atoms with Crippen molar-refractivity contribution in [3.05, 3.63) is 47.7 Å². The molecule has 0 radical (unpaired) electrons. The van der Waals surface area contributed by atoms with Crippen LogP contribution >= 0.6 is 0 Å². The van der Waals surface area contributed by atoms with Crippen molar-refractivity contribution in [1.29, 1.82) is 0 Å². The van der Waals surface area contributed by atoms with E-state index in [-0.39, 0.29) is 0 Å². The molecule has 2 N–H and O–H groups in total. The molecule has 76 valence electrons. The second-order valence-electron chi connectivity index (χ2n) is 3.36. The molecule has 0 aliphatic carbocycles. The maximum absolute atomic E-state index is 5.71. The molecule has 2 heterocycles. The fourth-order valence-electron chi connectivity index (χ4n) is 1.37. The second kappa shape index (κ2) is 4.04. The van der Waals surface area contributed by atoms with Gasteiger partial charge in [-0.1, -0.05) is 0 Å². The van der Waals surface area contributed by atoms with Crippen molar-refractivity contribution in [2.45, 2.75) is 13.3 Å². The Hall–Kier alpha value is -1.97. The Bertz CT molecular complexity index is 453. The molecule has 0 amide bonds. The number of hydrogen-bond donors (Lipinski definition) is 1. The average molecular weight is 200 g/mol. The Morgan fingerprint density at radius 2 is 1.93 bits per heavy atom. The Labute approximate surface area is 88.2 Å². The summed E-state index contributed by atoms with van der Waals surface area (Å²) in [6, 6.07) is 3.94. The van der Waals surface area contributed by atoms with Crippen molar-refractivity contribution < 1.29 is 0 Å². The van der Waals surface area contributed by atoms with Gasteiger partial charge in [-0.2, -0.15) is 0 Å². The maximum atomic E-state index is 5.71. The lowest BCUT2D eigenvalue weighted by Crippen LogP contribution is -2.02. The van der Waals surface area contributed by atoms with Crippen LogP contribution in [0.2, 0.25) is 0 Å². The fourth-order valence-corrected chi connectivity index (χ4v) is 1.37. The highest BCUT2D eigenvalue weighted by molar-refractivity contribution is 5.41. The zero-order valence-electron chi connectivity index (χ0n) is 8.51. The molecule has 0 aromatic carbocycles. The van der Waals surface area contributed by atoms with E-state index in [0.29, 0.717) is 5.82 Å². The summed E-state index contributed by atoms with van der Waals surface area (Å²) in [7, 11) is 0. The van der Waals surface area contributed by atoms with Crippen LogP contribution in [0.4, 0.5) is 5.82 Å². The summed E-state index contributed by atoms with van der Waals surface area (Å²) in [5.41, 5.74) is 8.80. The Balaban J connectivity index is 2.29. The van der Waals surface area contributed by atoms with Gasteiger partial charge in [0.2, 0.25) is 0 Å². The minimum absolute atomic E-state index is 0.550. The van der Waals surface area contributed by atoms with Gasteiger partial charge < -0.3 is 5.73 Å². The van der Waals surface area contributed by atoms with Crippen molar-refractivity contribution in [3.63, 3.8) is 0 Å². The normalized spacial score (nSPS) is 10.2. The molecule has 2 aromatic rings. The van der Waals surface area contributed by atoms with Gasteiger partial charge in [0.1, 0.15) is 12.1 Å². The number of nitrogen functional groups attached to an aromatic ring is 1. The third kappa shape index (κ3) is 2.10. The third-order valence-corrected chi connectivity index (χ3v) is 2.35. The van der Waals surface area contributed by atoms with Crippen LogP contribution in [0.25, 0.3) is 0 Å². The van der Waals surface area contributed by atoms with Gasteiger partial charge in [0.25, 0.3) is 0 Å². The summed E-state index contributed by atoms with van der Waals surface area (Å²) in [6.07, 6.45) is 5.81. The van der Waals surface area contributed by atoms with E-state index < -0.39 is 0 Å². The zero-order valence-corrected chi connectivity index (χ0v) is 8.51. The molecule has 0 unspecified atom stereocenters. The van der Waals surface area contributed by atoms with Crippen LogP contribution in [0.3, 0.4) is 0 Å². The second-order valence-corrected chi connectivity index (χ2v) is 3.36. The van der Waals surface area contributed by atoms with E-state index in [0.717, 1.165) is 17.7 Å². The highest BCUT2D eigenvalue weighted by Gasteiger charge is 2.04. The Morgan fingerprint density at radius 3 is 2.67 bits per heavy atom. The van der Waals surface area contributed by atoms with Gasteiger partial charge in [-0.05, 0) is 24.6 Å². The first-order valence-corrected chi connectivity index (χ1v) is 4.72. The number of aromatic nitrogens is 3. The first-order valence-electron chi connectivity index (χ1n) is 4.72. The van der Waals surface area contributed by atoms with Crippen LogP contribution < -0.4 is 5.73 Å². The van der Waals surface area contributed by atoms with Crippen molar-refractivity contribution in [2.24, 2.45) is 0 Å². The molecule has 0 atom stereocenters. The van der Waals surface area contributed by atoms with Crippen LogP contribution in [0, 0.1) is 6.92 Å². The van der Waals surface area contributed by atoms with Gasteiger partial charge in [-0.15, -0.1) is 0 Å². The summed E-state index contributed by atoms with van der Waals surface area (Å²) < 4.78 is 0. The zero-order chi connectivity index (χ0) is 10.7. The predicted molar refractivity (Wildman–Crippen MR) is 58.2 cm³/mol. The largest absolute Gasteiger partial charge is 0.383 e. The van der Waals surface area contributed by atoms with Gasteiger partial charge in [-0.3, -0.25) is 4.98 Å². The van der Waals surface area contributed by atoms with Crippen molar-refractivity contribution >= 4 is 5.82 Å². The molecule has 0 saturated heterocycles. The Kier molecular flexibility index (Phi) is 2.58. The molecule has 2 rings (SSSR count). The molecule has 0 saturated carbocycles. The summed E-state index contributed by atoms with van der Waals surface area (Å²) in [5, 5.41) is 0. The quantitative estimate of drug-likeness (QED) is 0.794. The molecular formula is C11H12N4. The highest BCUT2D eigenvalue weighted by atomic mass is 14.9. The first kappa shape index (κ1) is 9.58. The molecule has 0 fully saturated rings. The smallest absolute Gasteiger partial charge is 0.129 e. The van der Waals surface area contributed by atoms with Crippen LogP contribution in [-0.4, -0.2) is 15.0 Å². The lowest BCUT2D eigenvalue weighted by molar-refractivity contribution is 0.998. The number of pyridine rings is 1. The van der Waals surface area contributed by atoms with E-state index in [4.69, 9.17) is 5.73 Å². The van der Waals surface area contributed by atoms with E-state index >= 15 is 0 Å². The third-order valence-electron chi connectivity index (χ3n) is 2.35. The molecule has 4 heteroatoms. The Morgan fingerprint density at radius 1 is 1.20 bits per heavy atom. The average Bonchev–Trinajstić information content (AvgIpc) is 2.26. The van der Waals surface area contributed by atoms with Crippen LogP contribution in [-0.2, 0) is 6.42 Å². The SMILES string of the molecule is Cc1c(N)ncnc1Cc1ccncc1. The number of hydrogen-bond acceptors (Lipinski definition) is 4. The van der Waals surface area contributed by atoms with E-state index in [2.05, 4.69) is 15.0 Å². The predicted octanol–water partition coefficient (Wildman–Crippen LogP) is 1.35. The molecule has 4 nitrogen and oxygen atoms in total. The van der Waals surface area contributed by atoms with E-state index in [1.165, 1.54) is 11.9 Å². The van der Waals surface area contributed by atoms with E-state index in [1.54, 1.807) is 12.4 Å². The van der Waals surface area contributed by atoms with E-state index in [9.17, 15) is 0 Å². The minimum atomic E-state index is 0.550. The maximum Gasteiger partial charge on any atom is 0.129 e. The lowest BCUT2D eigenvalue weighted by Gasteiger charge is -2.05. The van der Waals surface area contributed by atoms with Gasteiger partial charge in [0, 0.05) is 24.4 Å². The van der Waals surface area contributed by atoms with Gasteiger partial charge in [0.05, 0.1) is 5.69 Å². The number of nitrogens with zero attached hydrogens (tertiary/aromatic N) is 3. The van der Waals surface area contributed by atoms with Gasteiger partial charge >= 0.3 is 0 Å². The molecular weight excluding hydrogens is 188 g/mol. The van der Waals surface area contributed by atoms with Crippen molar-refractivity contribution in [2.75, 3.05) is 5.73 Å². The highest BCUT2D eigenvalue weighted by Crippen LogP contribution is 2.13. The molecule has 15 heavy (non-hydrogen) atoms. The van der Waals surface area contributed by atoms with Crippen molar-refractivity contribution in [3.8, 4) is 0 Å². The van der Waals surface area contributed by atoms with Crippen molar-refractivity contribution in [1.82, 2.24) is 15.0 Å². The summed E-state index contributed by atoms with van der Waals surface area (Å²) >= 11 is 0. The standard InChI is InChI=1S/C11H12N4/c1-8-10(14-7-15-11(8)12)6-9-2-4-13-5-3-9/h2-5,7H,6H2,1H3,(H2,12,14,15). The molecule has 0 aliphatic heterocycles. The number of nitrogens with two attached hydrogens (primary N) is 1. The minimum Gasteiger partial charge on any atom is -0.383 e. The molecule has 0 aliphatic rings. The van der Waals surface area contributed by atoms with Crippen LogP contribution in [0.5, 0.6) is 0 Å². The summed E-state index contributed by atoms with van der Waals surface area (Å²) in [5.74, 6) is 0.550. The van der Waals surface area contributed by atoms with Crippen LogP contribution in [0.1, 0.15) is 16.8 Å². The summed E-state index contributed by atoms with van der Waals surface area (Å²) in [4.78, 5) is 12.1. The monoisotopic (exact) mass is 200 g/mol. The topological polar surface area (TPSA) is 64.7 Å². The molecule has 0 spiro atoms. The molecule has 0 bridgehead atoms. The molecule has 2 aromatic heterocycles. The number of anilines is 1. The number of rotatable bonds is 2. The summed E-state index contributed by atoms with van der Waals surface area (Å²) in [6.45, 7) is 1.94. The first-order chi connectivity index (χ1) is 7.27. The van der Waals surface area contributed by atoms with E-state index in [1.807, 2.05) is 19.1 Å². The van der Waals surface area contributed by atoms with Gasteiger partial charge in [-0.25, -0.2) is 9.97 Å². The van der Waals surface area contributed by atoms with Crippen LogP contribution in [0.15, 0.2) is 30.9 Å².